The summed E-state index contributed by atoms with van der Waals surface area (Å²) in [6.07, 6.45) is 1.86. The minimum absolute atomic E-state index is 0.754. The maximum Gasteiger partial charge on any atom is 0.201 e. The van der Waals surface area contributed by atoms with Crippen molar-refractivity contribution in [2.24, 2.45) is 0 Å². The number of nitrogens with zero attached hydrogens (tertiary/aromatic N) is 2. The molecule has 80 valence electrons. The molecule has 0 fully saturated rings. The van der Waals surface area contributed by atoms with Gasteiger partial charge in [0.25, 0.3) is 0 Å². The monoisotopic (exact) mass is 230 g/mol. The zero-order valence-corrected chi connectivity index (χ0v) is 9.29. The van der Waals surface area contributed by atoms with E-state index in [0.29, 0.717) is 0 Å². The van der Waals surface area contributed by atoms with Gasteiger partial charge in [-0.15, -0.1) is 11.3 Å². The highest BCUT2D eigenvalue weighted by atomic mass is 32.1. The lowest BCUT2D eigenvalue weighted by molar-refractivity contribution is 1.12. The number of para-hydroxylation sites is 2. The van der Waals surface area contributed by atoms with Crippen LogP contribution < -0.4 is 5.32 Å². The highest BCUT2D eigenvalue weighted by Gasteiger charge is 2.01. The van der Waals surface area contributed by atoms with Crippen molar-refractivity contribution < 1.29 is 0 Å². The van der Waals surface area contributed by atoms with Crippen molar-refractivity contribution in [3.05, 3.63) is 40.8 Å². The SMILES string of the molecule is c1ccc2[nH]c(NCc3cncs3)nc2c1. The quantitative estimate of drug-likeness (QED) is 0.727. The average molecular weight is 230 g/mol. The van der Waals surface area contributed by atoms with Crippen LogP contribution in [0, 0.1) is 0 Å². The second-order valence-corrected chi connectivity index (χ2v) is 4.39. The molecular weight excluding hydrogens is 220 g/mol. The number of aromatic amines is 1. The first kappa shape index (κ1) is 9.35. The molecule has 0 saturated heterocycles. The van der Waals surface area contributed by atoms with E-state index in [4.69, 9.17) is 0 Å². The van der Waals surface area contributed by atoms with E-state index in [9.17, 15) is 0 Å². The number of benzene rings is 1. The van der Waals surface area contributed by atoms with E-state index >= 15 is 0 Å². The Hall–Kier alpha value is -1.88. The molecule has 3 rings (SSSR count). The van der Waals surface area contributed by atoms with Gasteiger partial charge in [0.1, 0.15) is 0 Å². The second kappa shape index (κ2) is 3.94. The number of imidazole rings is 1. The lowest BCUT2D eigenvalue weighted by Crippen LogP contribution is -1.98. The molecule has 0 amide bonds. The zero-order valence-electron chi connectivity index (χ0n) is 8.47. The molecule has 2 aromatic heterocycles. The lowest BCUT2D eigenvalue weighted by Gasteiger charge is -1.97. The van der Waals surface area contributed by atoms with E-state index < -0.39 is 0 Å². The number of fused-ring (bicyclic) bond motifs is 1. The smallest absolute Gasteiger partial charge is 0.201 e. The fourth-order valence-corrected chi connectivity index (χ4v) is 2.07. The molecule has 0 aliphatic heterocycles. The molecule has 2 heterocycles. The van der Waals surface area contributed by atoms with Gasteiger partial charge in [-0.3, -0.25) is 4.98 Å². The van der Waals surface area contributed by atoms with Gasteiger partial charge in [-0.2, -0.15) is 0 Å². The molecule has 3 aromatic rings. The van der Waals surface area contributed by atoms with Gasteiger partial charge in [0.15, 0.2) is 0 Å². The summed E-state index contributed by atoms with van der Waals surface area (Å²) in [6.45, 7) is 0.754. The number of hydrogen-bond acceptors (Lipinski definition) is 4. The number of hydrogen-bond donors (Lipinski definition) is 2. The normalized spacial score (nSPS) is 10.8. The average Bonchev–Trinajstić information content (AvgIpc) is 2.95. The first-order chi connectivity index (χ1) is 7.92. The molecule has 0 radical (unpaired) electrons. The molecule has 0 aliphatic carbocycles. The summed E-state index contributed by atoms with van der Waals surface area (Å²) in [4.78, 5) is 12.9. The number of aromatic nitrogens is 3. The van der Waals surface area contributed by atoms with Crippen molar-refractivity contribution in [1.82, 2.24) is 15.0 Å². The van der Waals surface area contributed by atoms with Gasteiger partial charge in [-0.05, 0) is 12.1 Å². The van der Waals surface area contributed by atoms with Crippen LogP contribution in [0.25, 0.3) is 11.0 Å². The van der Waals surface area contributed by atoms with Crippen LogP contribution in [0.3, 0.4) is 0 Å². The first-order valence-electron chi connectivity index (χ1n) is 4.98. The molecule has 0 aliphatic rings. The molecule has 5 heteroatoms. The van der Waals surface area contributed by atoms with Gasteiger partial charge < -0.3 is 10.3 Å². The van der Waals surface area contributed by atoms with Crippen molar-refractivity contribution >= 4 is 28.3 Å². The van der Waals surface area contributed by atoms with Crippen LogP contribution in [0.5, 0.6) is 0 Å². The van der Waals surface area contributed by atoms with Crippen molar-refractivity contribution in [3.8, 4) is 0 Å². The molecule has 4 nitrogen and oxygen atoms in total. The van der Waals surface area contributed by atoms with E-state index in [1.807, 2.05) is 36.0 Å². The fraction of sp³-hybridized carbons (Fsp3) is 0.0909. The third kappa shape index (κ3) is 1.77. The predicted molar refractivity (Wildman–Crippen MR) is 65.5 cm³/mol. The van der Waals surface area contributed by atoms with Gasteiger partial charge in [-0.25, -0.2) is 4.98 Å². The molecule has 0 bridgehead atoms. The number of thiazole rings is 1. The van der Waals surface area contributed by atoms with E-state index in [0.717, 1.165) is 23.5 Å². The highest BCUT2D eigenvalue weighted by molar-refractivity contribution is 7.09. The van der Waals surface area contributed by atoms with Gasteiger partial charge in [-0.1, -0.05) is 12.1 Å². The van der Waals surface area contributed by atoms with Crippen LogP contribution in [-0.4, -0.2) is 15.0 Å². The van der Waals surface area contributed by atoms with Gasteiger partial charge in [0, 0.05) is 11.1 Å². The summed E-state index contributed by atoms with van der Waals surface area (Å²) in [6, 6.07) is 7.98. The first-order valence-corrected chi connectivity index (χ1v) is 5.86. The summed E-state index contributed by atoms with van der Waals surface area (Å²) >= 11 is 1.63. The van der Waals surface area contributed by atoms with Crippen LogP contribution in [0.15, 0.2) is 36.0 Å². The van der Waals surface area contributed by atoms with Crippen LogP contribution in [0.2, 0.25) is 0 Å². The van der Waals surface area contributed by atoms with Gasteiger partial charge in [0.05, 0.1) is 23.1 Å². The number of rotatable bonds is 3. The fourth-order valence-electron chi connectivity index (χ4n) is 1.54. The summed E-state index contributed by atoms with van der Waals surface area (Å²) < 4.78 is 0. The van der Waals surface area contributed by atoms with Crippen molar-refractivity contribution in [1.29, 1.82) is 0 Å². The lowest BCUT2D eigenvalue weighted by atomic mass is 10.3. The number of H-pyrrole nitrogens is 1. The third-order valence-electron chi connectivity index (χ3n) is 2.30. The number of anilines is 1. The Bertz CT molecular complexity index is 552. The second-order valence-electron chi connectivity index (χ2n) is 3.42. The topological polar surface area (TPSA) is 53.6 Å². The van der Waals surface area contributed by atoms with E-state index in [1.165, 1.54) is 4.88 Å². The van der Waals surface area contributed by atoms with E-state index in [-0.39, 0.29) is 0 Å². The molecule has 0 saturated carbocycles. The molecule has 0 unspecified atom stereocenters. The Morgan fingerprint density at radius 3 is 3.06 bits per heavy atom. The van der Waals surface area contributed by atoms with Crippen LogP contribution >= 0.6 is 11.3 Å². The van der Waals surface area contributed by atoms with Crippen LogP contribution in [-0.2, 0) is 6.54 Å². The summed E-state index contributed by atoms with van der Waals surface area (Å²) in [5, 5.41) is 3.24. The Labute approximate surface area is 96.4 Å². The molecule has 16 heavy (non-hydrogen) atoms. The van der Waals surface area contributed by atoms with Crippen molar-refractivity contribution in [2.75, 3.05) is 5.32 Å². The van der Waals surface area contributed by atoms with E-state index in [2.05, 4.69) is 20.3 Å². The molecule has 0 atom stereocenters. The maximum absolute atomic E-state index is 4.43. The Morgan fingerprint density at radius 1 is 1.31 bits per heavy atom. The third-order valence-corrected chi connectivity index (χ3v) is 3.08. The van der Waals surface area contributed by atoms with Crippen LogP contribution in [0.1, 0.15) is 4.88 Å². The Kier molecular flexibility index (Phi) is 2.30. The predicted octanol–water partition coefficient (Wildman–Crippen LogP) is 2.63. The van der Waals surface area contributed by atoms with Gasteiger partial charge in [0.2, 0.25) is 5.95 Å². The summed E-state index contributed by atoms with van der Waals surface area (Å²) in [5.74, 6) is 0.801. The zero-order chi connectivity index (χ0) is 10.8. The minimum atomic E-state index is 0.754. The maximum atomic E-state index is 4.43. The Balaban J connectivity index is 1.79. The van der Waals surface area contributed by atoms with Gasteiger partial charge >= 0.3 is 0 Å². The largest absolute Gasteiger partial charge is 0.351 e. The van der Waals surface area contributed by atoms with Crippen molar-refractivity contribution in [3.63, 3.8) is 0 Å². The standard InChI is InChI=1S/C11H10N4S/c1-2-4-10-9(3-1)14-11(15-10)13-6-8-5-12-7-16-8/h1-5,7H,6H2,(H2,13,14,15). The van der Waals surface area contributed by atoms with E-state index in [1.54, 1.807) is 11.3 Å². The molecule has 2 N–H and O–H groups in total. The summed E-state index contributed by atoms with van der Waals surface area (Å²) in [7, 11) is 0. The van der Waals surface area contributed by atoms with Crippen LogP contribution in [0.4, 0.5) is 5.95 Å². The molecular formula is C11H10N4S. The molecule has 1 aromatic carbocycles. The summed E-state index contributed by atoms with van der Waals surface area (Å²) in [5.41, 5.74) is 3.86. The Morgan fingerprint density at radius 2 is 2.25 bits per heavy atom. The molecule has 0 spiro atoms. The minimum Gasteiger partial charge on any atom is -0.351 e. The van der Waals surface area contributed by atoms with Crippen molar-refractivity contribution in [2.45, 2.75) is 6.54 Å². The highest BCUT2D eigenvalue weighted by Crippen LogP contribution is 2.14. The number of nitrogens with one attached hydrogen (secondary N) is 2.